The first-order chi connectivity index (χ1) is 8.87. The van der Waals surface area contributed by atoms with Gasteiger partial charge in [0, 0.05) is 6.54 Å². The molecule has 1 aliphatic carbocycles. The van der Waals surface area contributed by atoms with E-state index >= 15 is 0 Å². The summed E-state index contributed by atoms with van der Waals surface area (Å²) in [6.45, 7) is 10.2. The lowest BCUT2D eigenvalue weighted by atomic mass is 9.87. The first-order valence-electron chi connectivity index (χ1n) is 7.15. The molecule has 19 heavy (non-hydrogen) atoms. The highest BCUT2D eigenvalue weighted by atomic mass is 16.2. The molecule has 2 aliphatic rings. The van der Waals surface area contributed by atoms with E-state index in [0.29, 0.717) is 6.54 Å². The number of piperazine rings is 1. The van der Waals surface area contributed by atoms with Crippen LogP contribution >= 0.6 is 0 Å². The van der Waals surface area contributed by atoms with Gasteiger partial charge in [-0.05, 0) is 25.7 Å². The zero-order chi connectivity index (χ0) is 14.2. The molecule has 4 heteroatoms. The standard InChI is InChI=1S/C15H24N2O2/c1-10(2)9-17-12(11(3)4)13(18)16-15(14(17)19)7-5-6-8-15/h11-12H,1,5-9H2,2-4H3,(H,16,18). The highest BCUT2D eigenvalue weighted by Crippen LogP contribution is 2.35. The SMILES string of the molecule is C=C(C)CN1C(=O)C2(CCCC2)NC(=O)C1C(C)C. The average Bonchev–Trinajstić information content (AvgIpc) is 2.74. The molecule has 1 saturated carbocycles. The van der Waals surface area contributed by atoms with Gasteiger partial charge < -0.3 is 10.2 Å². The Morgan fingerprint density at radius 1 is 1.42 bits per heavy atom. The van der Waals surface area contributed by atoms with Crippen molar-refractivity contribution in [2.24, 2.45) is 5.92 Å². The van der Waals surface area contributed by atoms with Gasteiger partial charge in [-0.2, -0.15) is 0 Å². The summed E-state index contributed by atoms with van der Waals surface area (Å²) in [4.78, 5) is 27.0. The highest BCUT2D eigenvalue weighted by molar-refractivity contribution is 6.00. The Morgan fingerprint density at radius 3 is 2.47 bits per heavy atom. The number of nitrogens with one attached hydrogen (secondary N) is 1. The van der Waals surface area contributed by atoms with Crippen LogP contribution in [0.3, 0.4) is 0 Å². The maximum absolute atomic E-state index is 12.8. The van der Waals surface area contributed by atoms with Crippen molar-refractivity contribution in [3.63, 3.8) is 0 Å². The Hall–Kier alpha value is -1.32. The van der Waals surface area contributed by atoms with E-state index in [4.69, 9.17) is 0 Å². The van der Waals surface area contributed by atoms with Crippen LogP contribution in [0.4, 0.5) is 0 Å². The van der Waals surface area contributed by atoms with E-state index in [1.54, 1.807) is 4.90 Å². The fourth-order valence-corrected chi connectivity index (χ4v) is 3.35. The van der Waals surface area contributed by atoms with Gasteiger partial charge >= 0.3 is 0 Å². The van der Waals surface area contributed by atoms with Crippen LogP contribution in [0.2, 0.25) is 0 Å². The second-order valence-corrected chi connectivity index (χ2v) is 6.36. The number of nitrogens with zero attached hydrogens (tertiary/aromatic N) is 1. The third-order valence-electron chi connectivity index (χ3n) is 4.17. The lowest BCUT2D eigenvalue weighted by Gasteiger charge is -2.46. The zero-order valence-corrected chi connectivity index (χ0v) is 12.2. The molecule has 1 heterocycles. The third-order valence-corrected chi connectivity index (χ3v) is 4.17. The van der Waals surface area contributed by atoms with Crippen molar-refractivity contribution in [3.8, 4) is 0 Å². The number of hydrogen-bond donors (Lipinski definition) is 1. The third kappa shape index (κ3) is 2.40. The van der Waals surface area contributed by atoms with Crippen molar-refractivity contribution >= 4 is 11.8 Å². The van der Waals surface area contributed by atoms with Crippen molar-refractivity contribution in [1.29, 1.82) is 0 Å². The van der Waals surface area contributed by atoms with E-state index in [1.165, 1.54) is 0 Å². The lowest BCUT2D eigenvalue weighted by Crippen LogP contribution is -2.70. The number of amides is 2. The largest absolute Gasteiger partial charge is 0.340 e. The fourth-order valence-electron chi connectivity index (χ4n) is 3.35. The number of carbonyl (C=O) groups excluding carboxylic acids is 2. The van der Waals surface area contributed by atoms with E-state index in [2.05, 4.69) is 11.9 Å². The van der Waals surface area contributed by atoms with E-state index < -0.39 is 5.54 Å². The molecule has 1 N–H and O–H groups in total. The molecule has 2 rings (SSSR count). The van der Waals surface area contributed by atoms with Gasteiger partial charge in [-0.25, -0.2) is 0 Å². The van der Waals surface area contributed by atoms with Gasteiger partial charge in [0.2, 0.25) is 11.8 Å². The Labute approximate surface area is 115 Å². The van der Waals surface area contributed by atoms with Gasteiger partial charge in [0.25, 0.3) is 0 Å². The number of hydrogen-bond acceptors (Lipinski definition) is 2. The van der Waals surface area contributed by atoms with Crippen molar-refractivity contribution in [2.75, 3.05) is 6.54 Å². The van der Waals surface area contributed by atoms with Gasteiger partial charge in [-0.15, -0.1) is 0 Å². The smallest absolute Gasteiger partial charge is 0.249 e. The molecule has 0 radical (unpaired) electrons. The van der Waals surface area contributed by atoms with E-state index in [0.717, 1.165) is 31.3 Å². The molecule has 1 aliphatic heterocycles. The van der Waals surface area contributed by atoms with E-state index in [9.17, 15) is 9.59 Å². The van der Waals surface area contributed by atoms with Gasteiger partial charge in [0.05, 0.1) is 0 Å². The summed E-state index contributed by atoms with van der Waals surface area (Å²) in [5, 5.41) is 3.02. The molecular weight excluding hydrogens is 240 g/mol. The quantitative estimate of drug-likeness (QED) is 0.791. The van der Waals surface area contributed by atoms with E-state index in [-0.39, 0.29) is 23.8 Å². The average molecular weight is 264 g/mol. The molecule has 0 aromatic heterocycles. The van der Waals surface area contributed by atoms with Crippen molar-refractivity contribution in [1.82, 2.24) is 10.2 Å². The minimum atomic E-state index is -0.627. The summed E-state index contributed by atoms with van der Waals surface area (Å²) in [5.41, 5.74) is 0.291. The summed E-state index contributed by atoms with van der Waals surface area (Å²) < 4.78 is 0. The summed E-state index contributed by atoms with van der Waals surface area (Å²) in [7, 11) is 0. The molecule has 1 spiro atoms. The Balaban J connectivity index is 2.33. The maximum atomic E-state index is 12.8. The molecular formula is C15H24N2O2. The second-order valence-electron chi connectivity index (χ2n) is 6.36. The summed E-state index contributed by atoms with van der Waals surface area (Å²) in [5.74, 6) is 0.200. The number of carbonyl (C=O) groups is 2. The zero-order valence-electron chi connectivity index (χ0n) is 12.2. The Bertz CT molecular complexity index is 408. The van der Waals surface area contributed by atoms with Gasteiger partial charge in [-0.3, -0.25) is 9.59 Å². The molecule has 4 nitrogen and oxygen atoms in total. The van der Waals surface area contributed by atoms with Crippen LogP contribution in [-0.2, 0) is 9.59 Å². The fraction of sp³-hybridized carbons (Fsp3) is 0.733. The van der Waals surface area contributed by atoms with Crippen LogP contribution in [0, 0.1) is 5.92 Å². The van der Waals surface area contributed by atoms with Gasteiger partial charge in [-0.1, -0.05) is 38.8 Å². The predicted molar refractivity (Wildman–Crippen MR) is 74.5 cm³/mol. The molecule has 2 amide bonds. The molecule has 1 saturated heterocycles. The van der Waals surface area contributed by atoms with Crippen molar-refractivity contribution in [3.05, 3.63) is 12.2 Å². The lowest BCUT2D eigenvalue weighted by molar-refractivity contribution is -0.156. The summed E-state index contributed by atoms with van der Waals surface area (Å²) in [6, 6.07) is -0.365. The molecule has 106 valence electrons. The molecule has 0 aromatic rings. The molecule has 1 unspecified atom stereocenters. The van der Waals surface area contributed by atoms with Crippen molar-refractivity contribution in [2.45, 2.75) is 58.0 Å². The Morgan fingerprint density at radius 2 is 2.00 bits per heavy atom. The monoisotopic (exact) mass is 264 g/mol. The van der Waals surface area contributed by atoms with Crippen molar-refractivity contribution < 1.29 is 9.59 Å². The van der Waals surface area contributed by atoms with Gasteiger partial charge in [0.1, 0.15) is 11.6 Å². The second kappa shape index (κ2) is 4.99. The minimum absolute atomic E-state index is 0.00208. The first kappa shape index (κ1) is 14.1. The van der Waals surface area contributed by atoms with Crippen LogP contribution in [0.25, 0.3) is 0 Å². The first-order valence-corrected chi connectivity index (χ1v) is 7.15. The predicted octanol–water partition coefficient (Wildman–Crippen LogP) is 1.86. The maximum Gasteiger partial charge on any atom is 0.249 e. The van der Waals surface area contributed by atoms with Crippen LogP contribution < -0.4 is 5.32 Å². The normalized spacial score (nSPS) is 26.1. The molecule has 0 aromatic carbocycles. The molecule has 0 bridgehead atoms. The van der Waals surface area contributed by atoms with E-state index in [1.807, 2.05) is 20.8 Å². The van der Waals surface area contributed by atoms with Gasteiger partial charge in [0.15, 0.2) is 0 Å². The van der Waals surface area contributed by atoms with Crippen LogP contribution in [0.5, 0.6) is 0 Å². The number of rotatable bonds is 3. The topological polar surface area (TPSA) is 49.4 Å². The summed E-state index contributed by atoms with van der Waals surface area (Å²) >= 11 is 0. The molecule has 1 atom stereocenters. The van der Waals surface area contributed by atoms with Crippen LogP contribution in [0.15, 0.2) is 12.2 Å². The Kier molecular flexibility index (Phi) is 3.70. The highest BCUT2D eigenvalue weighted by Gasteiger charge is 2.52. The molecule has 2 fully saturated rings. The summed E-state index contributed by atoms with van der Waals surface area (Å²) in [6.07, 6.45) is 3.57. The minimum Gasteiger partial charge on any atom is -0.340 e. The van der Waals surface area contributed by atoms with Crippen LogP contribution in [0.1, 0.15) is 46.5 Å². The van der Waals surface area contributed by atoms with Crippen LogP contribution in [-0.4, -0.2) is 34.8 Å².